The third-order valence-electron chi connectivity index (χ3n) is 2.59. The van der Waals surface area contributed by atoms with E-state index >= 15 is 0 Å². The van der Waals surface area contributed by atoms with Gasteiger partial charge in [0, 0.05) is 21.9 Å². The number of hydrogen-bond donors (Lipinski definition) is 1. The highest BCUT2D eigenvalue weighted by Gasteiger charge is 2.08. The summed E-state index contributed by atoms with van der Waals surface area (Å²) in [6.07, 6.45) is 0. The van der Waals surface area contributed by atoms with Crippen LogP contribution in [0.15, 0.2) is 52.3 Å². The van der Waals surface area contributed by atoms with Crippen molar-refractivity contribution in [1.29, 1.82) is 0 Å². The summed E-state index contributed by atoms with van der Waals surface area (Å²) in [5.41, 5.74) is 7.36. The van der Waals surface area contributed by atoms with E-state index in [1.807, 2.05) is 37.3 Å². The number of hydrogen-bond acceptors (Lipinski definition) is 2. The third kappa shape index (κ3) is 2.68. The molecule has 0 spiro atoms. The van der Waals surface area contributed by atoms with E-state index in [2.05, 4.69) is 0 Å². The van der Waals surface area contributed by atoms with Crippen molar-refractivity contribution in [3.63, 3.8) is 0 Å². The fraction of sp³-hybridized carbons (Fsp3) is 0.143. The van der Waals surface area contributed by atoms with E-state index in [-0.39, 0.29) is 12.4 Å². The minimum absolute atomic E-state index is 0.223. The molecule has 1 nitrogen and oxygen atoms in total. The molecule has 3 heteroatoms. The Bertz CT molecular complexity index is 525. The highest BCUT2D eigenvalue weighted by molar-refractivity contribution is 7.99. The van der Waals surface area contributed by atoms with E-state index in [1.54, 1.807) is 17.8 Å². The Morgan fingerprint density at radius 1 is 1.06 bits per heavy atom. The van der Waals surface area contributed by atoms with E-state index < -0.39 is 0 Å². The van der Waals surface area contributed by atoms with Crippen LogP contribution in [-0.4, -0.2) is 0 Å². The van der Waals surface area contributed by atoms with Crippen LogP contribution in [0.3, 0.4) is 0 Å². The van der Waals surface area contributed by atoms with E-state index in [1.165, 1.54) is 11.6 Å². The molecule has 0 unspecified atom stereocenters. The molecular formula is C14H14FNS. The van der Waals surface area contributed by atoms with Gasteiger partial charge in [-0.1, -0.05) is 36.0 Å². The lowest BCUT2D eigenvalue weighted by Crippen LogP contribution is -2.01. The van der Waals surface area contributed by atoms with E-state index in [4.69, 9.17) is 5.73 Å². The Morgan fingerprint density at radius 3 is 2.47 bits per heavy atom. The van der Waals surface area contributed by atoms with Crippen LogP contribution >= 0.6 is 11.8 Å². The highest BCUT2D eigenvalue weighted by Crippen LogP contribution is 2.33. The minimum atomic E-state index is -0.230. The summed E-state index contributed by atoms with van der Waals surface area (Å²) in [6, 6.07) is 13.1. The van der Waals surface area contributed by atoms with Crippen molar-refractivity contribution in [2.75, 3.05) is 0 Å². The molecule has 17 heavy (non-hydrogen) atoms. The maximum atomic E-state index is 13.6. The zero-order valence-corrected chi connectivity index (χ0v) is 10.4. The lowest BCUT2D eigenvalue weighted by molar-refractivity contribution is 0.604. The van der Waals surface area contributed by atoms with Crippen LogP contribution in [0.2, 0.25) is 0 Å². The first-order chi connectivity index (χ1) is 8.22. The molecule has 0 aliphatic rings. The van der Waals surface area contributed by atoms with Gasteiger partial charge < -0.3 is 5.73 Å². The summed E-state index contributed by atoms with van der Waals surface area (Å²) in [6.45, 7) is 2.27. The van der Waals surface area contributed by atoms with Crippen molar-refractivity contribution in [3.05, 3.63) is 59.4 Å². The van der Waals surface area contributed by atoms with Gasteiger partial charge in [0.25, 0.3) is 0 Å². The predicted molar refractivity (Wildman–Crippen MR) is 69.6 cm³/mol. The fourth-order valence-corrected chi connectivity index (χ4v) is 2.69. The van der Waals surface area contributed by atoms with Gasteiger partial charge in [-0.15, -0.1) is 0 Å². The first-order valence-electron chi connectivity index (χ1n) is 5.43. The largest absolute Gasteiger partial charge is 0.326 e. The van der Waals surface area contributed by atoms with E-state index in [9.17, 15) is 4.39 Å². The quantitative estimate of drug-likeness (QED) is 0.894. The lowest BCUT2D eigenvalue weighted by Gasteiger charge is -2.09. The molecule has 2 N–H and O–H groups in total. The van der Waals surface area contributed by atoms with E-state index in [0.717, 1.165) is 9.79 Å². The third-order valence-corrected chi connectivity index (χ3v) is 3.87. The first kappa shape index (κ1) is 12.1. The lowest BCUT2D eigenvalue weighted by atomic mass is 10.2. The van der Waals surface area contributed by atoms with Gasteiger partial charge in [0.15, 0.2) is 0 Å². The Kier molecular flexibility index (Phi) is 3.82. The van der Waals surface area contributed by atoms with Crippen molar-refractivity contribution >= 4 is 11.8 Å². The number of nitrogens with two attached hydrogens (primary N) is 1. The molecule has 0 heterocycles. The van der Waals surface area contributed by atoms with Crippen LogP contribution in [0.25, 0.3) is 0 Å². The molecule has 2 aromatic rings. The zero-order chi connectivity index (χ0) is 12.3. The van der Waals surface area contributed by atoms with Crippen LogP contribution < -0.4 is 5.73 Å². The highest BCUT2D eigenvalue weighted by atomic mass is 32.2. The van der Waals surface area contributed by atoms with Gasteiger partial charge in [-0.2, -0.15) is 0 Å². The molecule has 0 radical (unpaired) electrons. The second kappa shape index (κ2) is 5.34. The number of rotatable bonds is 3. The molecule has 0 saturated heterocycles. The molecule has 0 saturated carbocycles. The molecule has 0 amide bonds. The van der Waals surface area contributed by atoms with Gasteiger partial charge >= 0.3 is 0 Å². The van der Waals surface area contributed by atoms with Gasteiger partial charge in [0.1, 0.15) is 5.82 Å². The summed E-state index contributed by atoms with van der Waals surface area (Å²) < 4.78 is 13.6. The summed E-state index contributed by atoms with van der Waals surface area (Å²) >= 11 is 1.56. The van der Waals surface area contributed by atoms with Crippen molar-refractivity contribution in [2.45, 2.75) is 23.3 Å². The summed E-state index contributed by atoms with van der Waals surface area (Å²) in [7, 11) is 0. The van der Waals surface area contributed by atoms with Crippen molar-refractivity contribution in [2.24, 2.45) is 5.73 Å². The molecular weight excluding hydrogens is 233 g/mol. The van der Waals surface area contributed by atoms with Gasteiger partial charge in [-0.25, -0.2) is 4.39 Å². The molecule has 0 aliphatic carbocycles. The number of benzene rings is 2. The molecule has 0 aromatic heterocycles. The first-order valence-corrected chi connectivity index (χ1v) is 6.25. The second-order valence-corrected chi connectivity index (χ2v) is 4.87. The van der Waals surface area contributed by atoms with Gasteiger partial charge in [0.05, 0.1) is 0 Å². The molecule has 0 fully saturated rings. The van der Waals surface area contributed by atoms with Crippen molar-refractivity contribution in [1.82, 2.24) is 0 Å². The Morgan fingerprint density at radius 2 is 1.76 bits per heavy atom. The Hall–Kier alpha value is -1.32. The van der Waals surface area contributed by atoms with Gasteiger partial charge in [0.2, 0.25) is 0 Å². The topological polar surface area (TPSA) is 26.0 Å². The van der Waals surface area contributed by atoms with Gasteiger partial charge in [-0.05, 0) is 30.7 Å². The van der Waals surface area contributed by atoms with Crippen molar-refractivity contribution in [3.8, 4) is 0 Å². The average molecular weight is 247 g/mol. The zero-order valence-electron chi connectivity index (χ0n) is 9.61. The Balaban J connectivity index is 2.37. The maximum Gasteiger partial charge on any atom is 0.128 e. The van der Waals surface area contributed by atoms with Crippen LogP contribution in [0.4, 0.5) is 4.39 Å². The minimum Gasteiger partial charge on any atom is -0.326 e. The summed E-state index contributed by atoms with van der Waals surface area (Å²) in [4.78, 5) is 2.02. The number of halogens is 1. The SMILES string of the molecule is Cc1ccccc1Sc1cccc(F)c1CN. The standard InChI is InChI=1S/C14H14FNS/c1-10-5-2-3-7-13(10)17-14-8-4-6-12(15)11(14)9-16/h2-8H,9,16H2,1H3. The summed E-state index contributed by atoms with van der Waals surface area (Å²) in [5, 5.41) is 0. The molecule has 88 valence electrons. The van der Waals surface area contributed by atoms with Gasteiger partial charge in [-0.3, -0.25) is 0 Å². The molecule has 2 rings (SSSR count). The summed E-state index contributed by atoms with van der Waals surface area (Å²) in [5.74, 6) is -0.230. The van der Waals surface area contributed by atoms with Crippen LogP contribution in [0, 0.1) is 12.7 Å². The smallest absolute Gasteiger partial charge is 0.128 e. The van der Waals surface area contributed by atoms with Crippen LogP contribution in [0.1, 0.15) is 11.1 Å². The predicted octanol–water partition coefficient (Wildman–Crippen LogP) is 3.74. The maximum absolute atomic E-state index is 13.6. The number of aryl methyl sites for hydroxylation is 1. The average Bonchev–Trinajstić information content (AvgIpc) is 2.32. The Labute approximate surface area is 105 Å². The fourth-order valence-electron chi connectivity index (χ4n) is 1.62. The van der Waals surface area contributed by atoms with Crippen molar-refractivity contribution < 1.29 is 4.39 Å². The second-order valence-electron chi connectivity index (χ2n) is 3.79. The molecule has 0 atom stereocenters. The van der Waals surface area contributed by atoms with E-state index in [0.29, 0.717) is 5.56 Å². The normalized spacial score (nSPS) is 10.5. The molecule has 2 aromatic carbocycles. The van der Waals surface area contributed by atoms with Crippen LogP contribution in [0.5, 0.6) is 0 Å². The van der Waals surface area contributed by atoms with Crippen LogP contribution in [-0.2, 0) is 6.54 Å². The monoisotopic (exact) mass is 247 g/mol. The molecule has 0 aliphatic heterocycles. The molecule has 0 bridgehead atoms.